The van der Waals surface area contributed by atoms with Crippen molar-refractivity contribution in [3.63, 3.8) is 0 Å². The summed E-state index contributed by atoms with van der Waals surface area (Å²) in [6.07, 6.45) is 1.58. The van der Waals surface area contributed by atoms with Crippen LogP contribution in [0.1, 0.15) is 9.67 Å². The van der Waals surface area contributed by atoms with Gasteiger partial charge in [0.15, 0.2) is 5.82 Å². The smallest absolute Gasteiger partial charge is 0.264 e. The van der Waals surface area contributed by atoms with E-state index in [-0.39, 0.29) is 16.7 Å². The molecule has 0 aliphatic heterocycles. The molecule has 0 spiro atoms. The number of hydrogen-bond acceptors (Lipinski definition) is 4. The Hall–Kier alpha value is -1.07. The van der Waals surface area contributed by atoms with Gasteiger partial charge in [0, 0.05) is 6.54 Å². The van der Waals surface area contributed by atoms with Crippen molar-refractivity contribution in [1.82, 2.24) is 9.69 Å². The van der Waals surface area contributed by atoms with Gasteiger partial charge in [-0.1, -0.05) is 17.7 Å². The quantitative estimate of drug-likeness (QED) is 0.750. The highest BCUT2D eigenvalue weighted by atomic mass is 35.5. The number of carbonyl (C=O) groups is 1. The van der Waals surface area contributed by atoms with E-state index in [0.29, 0.717) is 11.4 Å². The van der Waals surface area contributed by atoms with Crippen molar-refractivity contribution in [3.8, 4) is 0 Å². The molecular weight excluding hydrogens is 210 g/mol. The van der Waals surface area contributed by atoms with Gasteiger partial charge in [-0.2, -0.15) is 4.37 Å². The number of rotatable bonds is 3. The minimum Gasteiger partial charge on any atom is -0.382 e. The number of anilines is 1. The summed E-state index contributed by atoms with van der Waals surface area (Å²) in [5, 5.41) is 2.79. The Morgan fingerprint density at radius 1 is 1.85 bits per heavy atom. The Balaban J connectivity index is 2.77. The van der Waals surface area contributed by atoms with E-state index in [1.54, 1.807) is 6.08 Å². The summed E-state index contributed by atoms with van der Waals surface area (Å²) >= 11 is 6.70. The average Bonchev–Trinajstić information content (AvgIpc) is 2.44. The van der Waals surface area contributed by atoms with Crippen LogP contribution in [-0.4, -0.2) is 16.8 Å². The lowest BCUT2D eigenvalue weighted by Crippen LogP contribution is -2.22. The lowest BCUT2D eigenvalue weighted by atomic mass is 10.4. The van der Waals surface area contributed by atoms with E-state index in [4.69, 9.17) is 17.3 Å². The zero-order valence-electron chi connectivity index (χ0n) is 6.71. The van der Waals surface area contributed by atoms with Crippen LogP contribution in [0, 0.1) is 0 Å². The summed E-state index contributed by atoms with van der Waals surface area (Å²) in [4.78, 5) is 11.6. The molecule has 3 N–H and O–H groups in total. The average molecular weight is 218 g/mol. The van der Waals surface area contributed by atoms with Gasteiger partial charge >= 0.3 is 0 Å². The summed E-state index contributed by atoms with van der Waals surface area (Å²) in [7, 11) is 0. The molecular formula is C7H8ClN3OS. The maximum atomic E-state index is 11.3. The number of nitrogens with two attached hydrogens (primary N) is 1. The van der Waals surface area contributed by atoms with E-state index >= 15 is 0 Å². The van der Waals surface area contributed by atoms with Gasteiger partial charge in [0.25, 0.3) is 5.91 Å². The van der Waals surface area contributed by atoms with E-state index in [2.05, 4.69) is 16.3 Å². The Labute approximate surface area is 84.6 Å². The number of amides is 1. The van der Waals surface area contributed by atoms with Crippen molar-refractivity contribution in [1.29, 1.82) is 0 Å². The van der Waals surface area contributed by atoms with Crippen LogP contribution in [0.15, 0.2) is 12.7 Å². The van der Waals surface area contributed by atoms with Gasteiger partial charge in [-0.05, 0) is 11.5 Å². The van der Waals surface area contributed by atoms with Gasteiger partial charge in [-0.3, -0.25) is 4.79 Å². The summed E-state index contributed by atoms with van der Waals surface area (Å²) < 4.78 is 3.75. The molecule has 0 aliphatic rings. The van der Waals surface area contributed by atoms with Gasteiger partial charge in [0.1, 0.15) is 9.90 Å². The highest BCUT2D eigenvalue weighted by Crippen LogP contribution is 2.25. The minimum atomic E-state index is -0.279. The van der Waals surface area contributed by atoms with Crippen LogP contribution in [0.4, 0.5) is 5.82 Å². The molecule has 6 heteroatoms. The van der Waals surface area contributed by atoms with Gasteiger partial charge in [-0.25, -0.2) is 0 Å². The van der Waals surface area contributed by atoms with Crippen LogP contribution in [0.25, 0.3) is 0 Å². The number of halogens is 1. The van der Waals surface area contributed by atoms with Crippen molar-refractivity contribution >= 4 is 34.9 Å². The van der Waals surface area contributed by atoms with Crippen LogP contribution < -0.4 is 11.1 Å². The fourth-order valence-corrected chi connectivity index (χ4v) is 1.58. The van der Waals surface area contributed by atoms with E-state index in [0.717, 1.165) is 11.5 Å². The molecule has 13 heavy (non-hydrogen) atoms. The van der Waals surface area contributed by atoms with Crippen LogP contribution in [0.3, 0.4) is 0 Å². The molecule has 0 saturated carbocycles. The zero-order valence-corrected chi connectivity index (χ0v) is 8.28. The fraction of sp³-hybridized carbons (Fsp3) is 0.143. The molecule has 1 rings (SSSR count). The van der Waals surface area contributed by atoms with Crippen LogP contribution in [0.2, 0.25) is 5.02 Å². The third kappa shape index (κ3) is 2.19. The summed E-state index contributed by atoms with van der Waals surface area (Å²) in [6, 6.07) is 0. The molecule has 70 valence electrons. The standard InChI is InChI=1S/C7H8ClN3OS/c1-2-3-10-7(12)5-4(8)6(9)11-13-5/h2H,1,3H2,(H2,9,11)(H,10,12). The first-order valence-electron chi connectivity index (χ1n) is 3.46. The monoisotopic (exact) mass is 217 g/mol. The van der Waals surface area contributed by atoms with E-state index < -0.39 is 0 Å². The van der Waals surface area contributed by atoms with E-state index in [9.17, 15) is 4.79 Å². The van der Waals surface area contributed by atoms with Crippen LogP contribution in [-0.2, 0) is 0 Å². The number of nitrogens with one attached hydrogen (secondary N) is 1. The highest BCUT2D eigenvalue weighted by Gasteiger charge is 2.15. The second-order valence-electron chi connectivity index (χ2n) is 2.21. The minimum absolute atomic E-state index is 0.190. The van der Waals surface area contributed by atoms with Gasteiger partial charge < -0.3 is 11.1 Å². The molecule has 0 aromatic carbocycles. The van der Waals surface area contributed by atoms with Crippen molar-refractivity contribution in [2.45, 2.75) is 0 Å². The Kier molecular flexibility index (Phi) is 3.27. The Bertz CT molecular complexity index is 336. The number of carbonyl (C=O) groups excluding carboxylic acids is 1. The van der Waals surface area contributed by atoms with Crippen molar-refractivity contribution in [2.75, 3.05) is 12.3 Å². The lowest BCUT2D eigenvalue weighted by molar-refractivity contribution is 0.0962. The molecule has 1 aromatic rings. The second-order valence-corrected chi connectivity index (χ2v) is 3.36. The molecule has 0 atom stereocenters. The first kappa shape index (κ1) is 10.0. The first-order valence-corrected chi connectivity index (χ1v) is 4.61. The van der Waals surface area contributed by atoms with Gasteiger partial charge in [0.2, 0.25) is 0 Å². The largest absolute Gasteiger partial charge is 0.382 e. The highest BCUT2D eigenvalue weighted by molar-refractivity contribution is 7.09. The molecule has 0 saturated heterocycles. The van der Waals surface area contributed by atoms with Crippen LogP contribution >= 0.6 is 23.1 Å². The molecule has 0 aliphatic carbocycles. The predicted molar refractivity (Wildman–Crippen MR) is 54.1 cm³/mol. The summed E-state index contributed by atoms with van der Waals surface area (Å²) in [6.45, 7) is 3.87. The first-order chi connectivity index (χ1) is 6.16. The maximum Gasteiger partial charge on any atom is 0.264 e. The normalized spacial score (nSPS) is 9.62. The SMILES string of the molecule is C=CCNC(=O)c1snc(N)c1Cl. The van der Waals surface area contributed by atoms with Crippen LogP contribution in [0.5, 0.6) is 0 Å². The van der Waals surface area contributed by atoms with Crippen molar-refractivity contribution < 1.29 is 4.79 Å². The molecule has 0 unspecified atom stereocenters. The third-order valence-electron chi connectivity index (χ3n) is 1.27. The summed E-state index contributed by atoms with van der Waals surface area (Å²) in [5.41, 5.74) is 5.37. The Morgan fingerprint density at radius 2 is 2.54 bits per heavy atom. The topological polar surface area (TPSA) is 68.0 Å². The molecule has 1 aromatic heterocycles. The maximum absolute atomic E-state index is 11.3. The molecule has 0 radical (unpaired) electrons. The van der Waals surface area contributed by atoms with Crippen molar-refractivity contribution in [3.05, 3.63) is 22.6 Å². The third-order valence-corrected chi connectivity index (χ3v) is 2.63. The molecule has 4 nitrogen and oxygen atoms in total. The Morgan fingerprint density at radius 3 is 3.00 bits per heavy atom. The van der Waals surface area contributed by atoms with Gasteiger partial charge in [-0.15, -0.1) is 6.58 Å². The van der Waals surface area contributed by atoms with Gasteiger partial charge in [0.05, 0.1) is 0 Å². The van der Waals surface area contributed by atoms with Crippen molar-refractivity contribution in [2.24, 2.45) is 0 Å². The fourth-order valence-electron chi connectivity index (χ4n) is 0.678. The number of hydrogen-bond donors (Lipinski definition) is 2. The van der Waals surface area contributed by atoms with E-state index in [1.165, 1.54) is 0 Å². The zero-order chi connectivity index (χ0) is 9.84. The predicted octanol–water partition coefficient (Wildman–Crippen LogP) is 1.29. The number of aromatic nitrogens is 1. The van der Waals surface area contributed by atoms with E-state index in [1.807, 2.05) is 0 Å². The number of nitrogens with zero attached hydrogens (tertiary/aromatic N) is 1. The molecule has 1 amide bonds. The molecule has 0 fully saturated rings. The summed E-state index contributed by atoms with van der Waals surface area (Å²) in [5.74, 6) is -0.0884. The lowest BCUT2D eigenvalue weighted by Gasteiger charge is -1.98. The molecule has 1 heterocycles. The second kappa shape index (κ2) is 4.25. The molecule has 0 bridgehead atoms. The number of nitrogen functional groups attached to an aromatic ring is 1.